The van der Waals surface area contributed by atoms with Crippen LogP contribution in [0, 0.1) is 6.92 Å². The van der Waals surface area contributed by atoms with E-state index in [1.807, 2.05) is 11.9 Å². The van der Waals surface area contributed by atoms with Crippen molar-refractivity contribution in [3.8, 4) is 5.75 Å². The molecule has 3 aromatic rings. The van der Waals surface area contributed by atoms with E-state index in [4.69, 9.17) is 4.74 Å². The average molecular weight is 653 g/mol. The van der Waals surface area contributed by atoms with Crippen LogP contribution in [0.3, 0.4) is 0 Å². The molecule has 2 heterocycles. The van der Waals surface area contributed by atoms with Gasteiger partial charge in [0, 0.05) is 50.4 Å². The second-order valence-corrected chi connectivity index (χ2v) is 13.1. The highest BCUT2D eigenvalue weighted by Crippen LogP contribution is 2.35. The standard InChI is InChI=1S/C30H36F4N6O4S/c1-18-6-7-21(25(12-18)40(3)45(5,42)43)15-36-28-22(30(32,33)34)16-35-27(38-28)14-19-8-9-20(13-26(19)44-4)29(41)37-24-10-11-39(2)17-23(24)31/h6-9,12-13,16,23-24H,10-11,14-15,17H2,1-5H3,(H,37,41)(H,35,36,38)/t23-,24+/m1/s1. The number of likely N-dealkylation sites (tertiary alicyclic amines) is 1. The van der Waals surface area contributed by atoms with Gasteiger partial charge < -0.3 is 20.3 Å². The Morgan fingerprint density at radius 3 is 2.53 bits per heavy atom. The molecule has 0 unspecified atom stereocenters. The summed E-state index contributed by atoms with van der Waals surface area (Å²) in [7, 11) is 0.939. The van der Waals surface area contributed by atoms with Gasteiger partial charge in [-0.2, -0.15) is 13.2 Å². The van der Waals surface area contributed by atoms with Gasteiger partial charge in [0.05, 0.1) is 25.1 Å². The van der Waals surface area contributed by atoms with E-state index < -0.39 is 45.7 Å². The van der Waals surface area contributed by atoms with E-state index >= 15 is 0 Å². The molecule has 1 aliphatic rings. The van der Waals surface area contributed by atoms with E-state index in [9.17, 15) is 30.8 Å². The molecule has 10 nitrogen and oxygen atoms in total. The lowest BCUT2D eigenvalue weighted by atomic mass is 10.0. The molecule has 45 heavy (non-hydrogen) atoms. The third-order valence-corrected chi connectivity index (χ3v) is 8.82. The highest BCUT2D eigenvalue weighted by atomic mass is 32.2. The van der Waals surface area contributed by atoms with Crippen molar-refractivity contribution < 1.29 is 35.5 Å². The van der Waals surface area contributed by atoms with Crippen LogP contribution in [0.2, 0.25) is 0 Å². The van der Waals surface area contributed by atoms with Gasteiger partial charge in [0.15, 0.2) is 0 Å². The van der Waals surface area contributed by atoms with Crippen LogP contribution >= 0.6 is 0 Å². The third-order valence-electron chi connectivity index (χ3n) is 7.63. The normalized spacial score (nSPS) is 17.5. The van der Waals surface area contributed by atoms with E-state index in [-0.39, 0.29) is 36.6 Å². The molecule has 4 rings (SSSR count). The maximum Gasteiger partial charge on any atom is 0.421 e. The summed E-state index contributed by atoms with van der Waals surface area (Å²) in [5.74, 6) is -0.611. The molecule has 15 heteroatoms. The molecule has 1 amide bonds. The first-order chi connectivity index (χ1) is 21.1. The number of halogens is 4. The lowest BCUT2D eigenvalue weighted by Crippen LogP contribution is -2.51. The van der Waals surface area contributed by atoms with Crippen molar-refractivity contribution in [1.82, 2.24) is 20.2 Å². The van der Waals surface area contributed by atoms with Gasteiger partial charge in [-0.3, -0.25) is 9.10 Å². The minimum atomic E-state index is -4.76. The Bertz CT molecular complexity index is 1650. The van der Waals surface area contributed by atoms with Crippen LogP contribution in [0.25, 0.3) is 0 Å². The van der Waals surface area contributed by atoms with Gasteiger partial charge in [0.2, 0.25) is 10.0 Å². The molecule has 1 aliphatic heterocycles. The first kappa shape index (κ1) is 33.9. The number of sulfonamides is 1. The summed E-state index contributed by atoms with van der Waals surface area (Å²) in [5.41, 5.74) is 1.20. The van der Waals surface area contributed by atoms with Crippen molar-refractivity contribution in [3.05, 3.63) is 76.2 Å². The second kappa shape index (κ2) is 13.6. The van der Waals surface area contributed by atoms with Crippen LogP contribution in [-0.4, -0.2) is 82.0 Å². The highest BCUT2D eigenvalue weighted by molar-refractivity contribution is 7.92. The molecule has 1 saturated heterocycles. The molecule has 2 N–H and O–H groups in total. The van der Waals surface area contributed by atoms with Crippen molar-refractivity contribution in [1.29, 1.82) is 0 Å². The molecule has 0 aliphatic carbocycles. The third kappa shape index (κ3) is 8.39. The maximum atomic E-state index is 14.4. The largest absolute Gasteiger partial charge is 0.496 e. The molecule has 2 aromatic carbocycles. The fourth-order valence-electron chi connectivity index (χ4n) is 4.99. The number of aromatic nitrogens is 2. The van der Waals surface area contributed by atoms with Crippen LogP contribution in [0.5, 0.6) is 5.75 Å². The first-order valence-corrected chi connectivity index (χ1v) is 15.9. The van der Waals surface area contributed by atoms with Crippen LogP contribution in [0.4, 0.5) is 29.1 Å². The summed E-state index contributed by atoms with van der Waals surface area (Å²) in [6.07, 6.45) is -3.79. The zero-order valence-corrected chi connectivity index (χ0v) is 26.4. The molecular weight excluding hydrogens is 616 g/mol. The van der Waals surface area contributed by atoms with E-state index in [1.165, 1.54) is 26.3 Å². The van der Waals surface area contributed by atoms with Crippen LogP contribution < -0.4 is 19.7 Å². The van der Waals surface area contributed by atoms with Gasteiger partial charge in [-0.25, -0.2) is 22.8 Å². The van der Waals surface area contributed by atoms with Gasteiger partial charge in [-0.15, -0.1) is 0 Å². The summed E-state index contributed by atoms with van der Waals surface area (Å²) >= 11 is 0. The molecule has 0 bridgehead atoms. The van der Waals surface area contributed by atoms with E-state index in [0.717, 1.165) is 16.1 Å². The lowest BCUT2D eigenvalue weighted by Gasteiger charge is -2.32. The predicted octanol–water partition coefficient (Wildman–Crippen LogP) is 4.18. The van der Waals surface area contributed by atoms with Crippen LogP contribution in [0.15, 0.2) is 42.6 Å². The number of alkyl halides is 4. The molecule has 1 fully saturated rings. The van der Waals surface area contributed by atoms with Crippen LogP contribution in [-0.2, 0) is 29.2 Å². The van der Waals surface area contributed by atoms with Gasteiger partial charge in [-0.1, -0.05) is 18.2 Å². The summed E-state index contributed by atoms with van der Waals surface area (Å²) in [5, 5.41) is 5.45. The number of carbonyl (C=O) groups is 1. The van der Waals surface area contributed by atoms with Crippen molar-refractivity contribution in [2.24, 2.45) is 0 Å². The minimum Gasteiger partial charge on any atom is -0.496 e. The molecule has 244 valence electrons. The summed E-state index contributed by atoms with van der Waals surface area (Å²) in [6, 6.07) is 8.97. The van der Waals surface area contributed by atoms with E-state index in [1.54, 1.807) is 31.2 Å². The number of amides is 1. The molecule has 0 radical (unpaired) electrons. The van der Waals surface area contributed by atoms with Crippen molar-refractivity contribution in [3.63, 3.8) is 0 Å². The number of anilines is 2. The van der Waals surface area contributed by atoms with Gasteiger partial charge in [-0.05, 0) is 49.7 Å². The predicted molar refractivity (Wildman–Crippen MR) is 163 cm³/mol. The molecule has 0 spiro atoms. The Labute approximate surface area is 259 Å². The van der Waals surface area contributed by atoms with Crippen molar-refractivity contribution in [2.45, 2.75) is 44.7 Å². The van der Waals surface area contributed by atoms with Crippen molar-refractivity contribution in [2.75, 3.05) is 50.2 Å². The number of piperidine rings is 1. The zero-order chi connectivity index (χ0) is 33.1. The number of rotatable bonds is 10. The number of hydrogen-bond acceptors (Lipinski definition) is 8. The quantitative estimate of drug-likeness (QED) is 0.314. The Kier molecular flexibility index (Phi) is 10.2. The van der Waals surface area contributed by atoms with E-state index in [0.29, 0.717) is 36.0 Å². The lowest BCUT2D eigenvalue weighted by molar-refractivity contribution is -0.137. The number of ether oxygens (including phenoxy) is 1. The second-order valence-electron chi connectivity index (χ2n) is 11.1. The number of methoxy groups -OCH3 is 1. The fourth-order valence-corrected chi connectivity index (χ4v) is 5.52. The van der Waals surface area contributed by atoms with Gasteiger partial charge in [0.1, 0.15) is 29.1 Å². The zero-order valence-electron chi connectivity index (χ0n) is 25.6. The van der Waals surface area contributed by atoms with Gasteiger partial charge >= 0.3 is 6.18 Å². The average Bonchev–Trinajstić information content (AvgIpc) is 2.96. The molecule has 2 atom stereocenters. The number of carbonyl (C=O) groups excluding carboxylic acids is 1. The molecule has 1 aromatic heterocycles. The molecule has 0 saturated carbocycles. The smallest absolute Gasteiger partial charge is 0.421 e. The number of hydrogen-bond donors (Lipinski definition) is 2. The summed E-state index contributed by atoms with van der Waals surface area (Å²) in [4.78, 5) is 22.8. The van der Waals surface area contributed by atoms with Crippen LogP contribution in [0.1, 0.15) is 44.9 Å². The topological polar surface area (TPSA) is 117 Å². The minimum absolute atomic E-state index is 0.0218. The van der Waals surface area contributed by atoms with Gasteiger partial charge in [0.25, 0.3) is 5.91 Å². The number of nitrogens with one attached hydrogen (secondary N) is 2. The fraction of sp³-hybridized carbons (Fsp3) is 0.433. The maximum absolute atomic E-state index is 14.4. The summed E-state index contributed by atoms with van der Waals surface area (Å²) < 4.78 is 87.0. The Morgan fingerprint density at radius 2 is 1.89 bits per heavy atom. The number of nitrogens with zero attached hydrogens (tertiary/aromatic N) is 4. The summed E-state index contributed by atoms with van der Waals surface area (Å²) in [6.45, 7) is 2.50. The number of benzene rings is 2. The highest BCUT2D eigenvalue weighted by Gasteiger charge is 2.35. The molecular formula is C30H36F4N6O4S. The monoisotopic (exact) mass is 652 g/mol. The first-order valence-electron chi connectivity index (χ1n) is 14.1. The Balaban J connectivity index is 1.57. The SMILES string of the molecule is COc1cc(C(=O)N[C@H]2CCN(C)C[C@H]2F)ccc1Cc1ncc(C(F)(F)F)c(NCc2ccc(C)cc2N(C)S(C)(=O)=O)n1. The Morgan fingerprint density at radius 1 is 1.18 bits per heavy atom. The van der Waals surface area contributed by atoms with Crippen molar-refractivity contribution >= 4 is 27.4 Å². The Hall–Kier alpha value is -3.98. The van der Waals surface area contributed by atoms with E-state index in [2.05, 4.69) is 20.6 Å². The number of aryl methyl sites for hydroxylation is 1.